The second-order valence-corrected chi connectivity index (χ2v) is 7.91. The number of halogens is 1. The normalized spacial score (nSPS) is 10.5. The molecule has 0 unspecified atom stereocenters. The molecule has 0 saturated carbocycles. The van der Waals surface area contributed by atoms with Crippen molar-refractivity contribution in [3.63, 3.8) is 0 Å². The molecule has 0 aliphatic heterocycles. The zero-order valence-electron chi connectivity index (χ0n) is 15.8. The Morgan fingerprint density at radius 3 is 2.81 bits per heavy atom. The summed E-state index contributed by atoms with van der Waals surface area (Å²) < 4.78 is 12.8. The molecular weight excluding hydrogens is 484 g/mol. The van der Waals surface area contributed by atoms with Crippen molar-refractivity contribution in [1.82, 2.24) is 20.2 Å². The maximum atomic E-state index is 12.2. The third-order valence-corrected chi connectivity index (χ3v) is 5.38. The van der Waals surface area contributed by atoms with Crippen molar-refractivity contribution >= 4 is 44.6 Å². The summed E-state index contributed by atoms with van der Waals surface area (Å²) in [5.74, 6) is 5.24. The first-order chi connectivity index (χ1) is 15.1. The van der Waals surface area contributed by atoms with Crippen molar-refractivity contribution in [3.8, 4) is 17.5 Å². The van der Waals surface area contributed by atoms with Gasteiger partial charge in [-0.25, -0.2) is 9.59 Å². The maximum Gasteiger partial charge on any atom is 0.351 e. The monoisotopic (exact) mass is 496 g/mol. The fourth-order valence-corrected chi connectivity index (χ4v) is 3.53. The highest BCUT2D eigenvalue weighted by atomic mass is 79.9. The van der Waals surface area contributed by atoms with E-state index in [0.717, 1.165) is 10.2 Å². The summed E-state index contributed by atoms with van der Waals surface area (Å²) in [4.78, 5) is 24.1. The smallest absolute Gasteiger partial charge is 0.351 e. The van der Waals surface area contributed by atoms with E-state index in [-0.39, 0.29) is 12.2 Å². The van der Waals surface area contributed by atoms with Crippen molar-refractivity contribution < 1.29 is 13.9 Å². The van der Waals surface area contributed by atoms with Crippen LogP contribution in [0, 0.1) is 11.8 Å². The molecule has 10 heteroatoms. The van der Waals surface area contributed by atoms with Gasteiger partial charge in [0, 0.05) is 9.86 Å². The average molecular weight is 497 g/mol. The number of para-hydroxylation sites is 1. The van der Waals surface area contributed by atoms with E-state index in [2.05, 4.69) is 43.3 Å². The number of carbonyl (C=O) groups is 1. The Balaban J connectivity index is 1.32. The molecule has 2 aromatic heterocycles. The van der Waals surface area contributed by atoms with Crippen LogP contribution in [-0.4, -0.2) is 38.5 Å². The average Bonchev–Trinajstić information content (AvgIpc) is 3.24. The van der Waals surface area contributed by atoms with Crippen molar-refractivity contribution in [1.29, 1.82) is 0 Å². The van der Waals surface area contributed by atoms with Gasteiger partial charge >= 0.3 is 11.6 Å². The lowest BCUT2D eigenvalue weighted by Gasteiger charge is -2.02. The lowest BCUT2D eigenvalue weighted by Crippen LogP contribution is -2.16. The number of benzene rings is 2. The van der Waals surface area contributed by atoms with Gasteiger partial charge < -0.3 is 9.15 Å². The van der Waals surface area contributed by atoms with Gasteiger partial charge in [0.1, 0.15) is 11.1 Å². The van der Waals surface area contributed by atoms with Crippen LogP contribution in [-0.2, 0) is 4.74 Å². The molecule has 0 spiro atoms. The van der Waals surface area contributed by atoms with Crippen LogP contribution in [0.5, 0.6) is 0 Å². The van der Waals surface area contributed by atoms with Gasteiger partial charge in [-0.15, -0.1) is 5.10 Å². The number of carbonyl (C=O) groups excluding carboxylic acids is 1. The molecule has 0 N–H and O–H groups in total. The van der Waals surface area contributed by atoms with Crippen LogP contribution in [0.2, 0.25) is 0 Å². The summed E-state index contributed by atoms with van der Waals surface area (Å²) in [6.45, 7) is -0.149. The first-order valence-electron chi connectivity index (χ1n) is 8.95. The third-order valence-electron chi connectivity index (χ3n) is 4.05. The standard InChI is InChI=1S/C21H13BrN4O4S/c22-15-7-9-16(10-8-15)26-21(23-24-25-26)31-12-4-3-11-29-19(27)17-13-14-5-1-2-6-18(14)30-20(17)28/h1-2,5-10,13H,11-12H2. The van der Waals surface area contributed by atoms with Gasteiger partial charge in [-0.2, -0.15) is 4.68 Å². The molecule has 31 heavy (non-hydrogen) atoms. The first-order valence-corrected chi connectivity index (χ1v) is 10.7. The van der Waals surface area contributed by atoms with Crippen LogP contribution in [0.4, 0.5) is 0 Å². The molecule has 0 atom stereocenters. The Kier molecular flexibility index (Phi) is 6.45. The van der Waals surface area contributed by atoms with E-state index in [9.17, 15) is 9.59 Å². The minimum absolute atomic E-state index is 0.149. The lowest BCUT2D eigenvalue weighted by molar-refractivity contribution is 0.0552. The lowest BCUT2D eigenvalue weighted by atomic mass is 10.2. The van der Waals surface area contributed by atoms with Crippen molar-refractivity contribution in [3.05, 3.63) is 75.1 Å². The molecule has 2 heterocycles. The van der Waals surface area contributed by atoms with Crippen LogP contribution in [0.3, 0.4) is 0 Å². The summed E-state index contributed by atoms with van der Waals surface area (Å²) in [6, 6.07) is 16.0. The SMILES string of the molecule is O=C(OCC#CCSc1nnnn1-c1ccc(Br)cc1)c1cc2ccccc2oc1=O. The molecule has 0 amide bonds. The number of nitrogens with zero attached hydrogens (tertiary/aromatic N) is 4. The Labute approximate surface area is 188 Å². The summed E-state index contributed by atoms with van der Waals surface area (Å²) in [5, 5.41) is 12.9. The molecule has 2 aromatic carbocycles. The van der Waals surface area contributed by atoms with Gasteiger partial charge in [-0.05, 0) is 46.8 Å². The number of hydrogen-bond acceptors (Lipinski definition) is 8. The van der Waals surface area contributed by atoms with Crippen LogP contribution < -0.4 is 5.63 Å². The highest BCUT2D eigenvalue weighted by Gasteiger charge is 2.14. The van der Waals surface area contributed by atoms with Crippen LogP contribution >= 0.6 is 27.7 Å². The van der Waals surface area contributed by atoms with Crippen LogP contribution in [0.1, 0.15) is 10.4 Å². The fraction of sp³-hybridized carbons (Fsp3) is 0.0952. The largest absolute Gasteiger partial charge is 0.449 e. The van der Waals surface area contributed by atoms with Gasteiger partial charge in [0.05, 0.1) is 11.4 Å². The number of ether oxygens (including phenoxy) is 1. The molecule has 0 saturated heterocycles. The van der Waals surface area contributed by atoms with Crippen LogP contribution in [0.15, 0.2) is 73.4 Å². The van der Waals surface area contributed by atoms with Crippen molar-refractivity contribution in [2.24, 2.45) is 0 Å². The fourth-order valence-electron chi connectivity index (χ4n) is 2.60. The summed E-state index contributed by atoms with van der Waals surface area (Å²) >= 11 is 4.74. The minimum Gasteiger partial charge on any atom is -0.449 e. The predicted octanol–water partition coefficient (Wildman–Crippen LogP) is 3.48. The Morgan fingerprint density at radius 1 is 1.16 bits per heavy atom. The molecular formula is C21H13BrN4O4S. The summed E-state index contributed by atoms with van der Waals surface area (Å²) in [6.07, 6.45) is 0. The number of esters is 1. The molecule has 4 aromatic rings. The summed E-state index contributed by atoms with van der Waals surface area (Å²) in [7, 11) is 0. The van der Waals surface area contributed by atoms with Gasteiger partial charge in [-0.3, -0.25) is 0 Å². The van der Waals surface area contributed by atoms with Gasteiger partial charge in [0.15, 0.2) is 6.61 Å². The van der Waals surface area contributed by atoms with Crippen molar-refractivity contribution in [2.45, 2.75) is 5.16 Å². The molecule has 4 rings (SSSR count). The highest BCUT2D eigenvalue weighted by molar-refractivity contribution is 9.10. The maximum absolute atomic E-state index is 12.2. The van der Waals surface area contributed by atoms with Gasteiger partial charge in [-0.1, -0.05) is 57.7 Å². The number of tetrazole rings is 1. The molecule has 0 radical (unpaired) electrons. The summed E-state index contributed by atoms with van der Waals surface area (Å²) in [5.41, 5.74) is 0.327. The van der Waals surface area contributed by atoms with Gasteiger partial charge in [0.2, 0.25) is 5.16 Å². The molecule has 0 aliphatic carbocycles. The third kappa shape index (κ3) is 5.02. The Bertz CT molecular complexity index is 1360. The second-order valence-electron chi connectivity index (χ2n) is 6.05. The van der Waals surface area contributed by atoms with E-state index >= 15 is 0 Å². The van der Waals surface area contributed by atoms with E-state index in [1.54, 1.807) is 28.9 Å². The van der Waals surface area contributed by atoms with Gasteiger partial charge in [0.25, 0.3) is 0 Å². The number of rotatable bonds is 5. The molecule has 0 aliphatic rings. The molecule has 0 bridgehead atoms. The number of aromatic nitrogens is 4. The zero-order valence-corrected chi connectivity index (χ0v) is 18.2. The second kappa shape index (κ2) is 9.59. The molecule has 8 nitrogen and oxygen atoms in total. The quantitative estimate of drug-likeness (QED) is 0.179. The zero-order chi connectivity index (χ0) is 21.6. The van der Waals surface area contributed by atoms with E-state index in [0.29, 0.717) is 21.9 Å². The molecule has 0 fully saturated rings. The number of hydrogen-bond donors (Lipinski definition) is 0. The van der Waals surface area contributed by atoms with E-state index in [1.165, 1.54) is 17.8 Å². The minimum atomic E-state index is -0.777. The number of fused-ring (bicyclic) bond motifs is 1. The Morgan fingerprint density at radius 2 is 1.97 bits per heavy atom. The highest BCUT2D eigenvalue weighted by Crippen LogP contribution is 2.19. The first kappa shape index (κ1) is 20.8. The van der Waals surface area contributed by atoms with Crippen LogP contribution in [0.25, 0.3) is 16.7 Å². The van der Waals surface area contributed by atoms with Crippen molar-refractivity contribution in [2.75, 3.05) is 12.4 Å². The predicted molar refractivity (Wildman–Crippen MR) is 118 cm³/mol. The Hall–Kier alpha value is -3.42. The number of thioether (sulfide) groups is 1. The van der Waals surface area contributed by atoms with E-state index in [4.69, 9.17) is 9.15 Å². The topological polar surface area (TPSA) is 100 Å². The molecule has 154 valence electrons. The van der Waals surface area contributed by atoms with E-state index < -0.39 is 11.6 Å². The van der Waals surface area contributed by atoms with E-state index in [1.807, 2.05) is 24.3 Å².